The van der Waals surface area contributed by atoms with E-state index in [9.17, 15) is 4.79 Å². The summed E-state index contributed by atoms with van der Waals surface area (Å²) in [6.07, 6.45) is 3.53. The first kappa shape index (κ1) is 18.2. The van der Waals surface area contributed by atoms with E-state index >= 15 is 0 Å². The molecule has 0 saturated carbocycles. The largest absolute Gasteiger partial charge is 0.357 e. The second-order valence-corrected chi connectivity index (χ2v) is 7.00. The van der Waals surface area contributed by atoms with Gasteiger partial charge in [-0.05, 0) is 13.3 Å². The van der Waals surface area contributed by atoms with Crippen molar-refractivity contribution in [1.82, 2.24) is 30.7 Å². The summed E-state index contributed by atoms with van der Waals surface area (Å²) in [6, 6.07) is 0.279. The molecule has 1 unspecified atom stereocenters. The zero-order valence-electron chi connectivity index (χ0n) is 15.1. The van der Waals surface area contributed by atoms with Crippen molar-refractivity contribution in [1.29, 1.82) is 0 Å². The van der Waals surface area contributed by atoms with Crippen LogP contribution in [0.4, 0.5) is 0 Å². The van der Waals surface area contributed by atoms with Crippen molar-refractivity contribution in [3.8, 4) is 0 Å². The van der Waals surface area contributed by atoms with E-state index in [4.69, 9.17) is 0 Å². The molecule has 0 radical (unpaired) electrons. The van der Waals surface area contributed by atoms with Gasteiger partial charge in [0, 0.05) is 31.0 Å². The number of aromatic nitrogens is 3. The lowest BCUT2D eigenvalue weighted by Crippen LogP contribution is -2.47. The molecule has 1 atom stereocenters. The molecule has 1 aliphatic heterocycles. The highest BCUT2D eigenvalue weighted by Crippen LogP contribution is 2.12. The topological polar surface area (TPSA) is 96.2 Å². The molecule has 8 heteroatoms. The van der Waals surface area contributed by atoms with Crippen molar-refractivity contribution in [3.63, 3.8) is 0 Å². The Balaban J connectivity index is 1.82. The number of aryl methyl sites for hydroxylation is 1. The van der Waals surface area contributed by atoms with Gasteiger partial charge in [-0.25, -0.2) is 9.67 Å². The lowest BCUT2D eigenvalue weighted by Gasteiger charge is -2.25. The number of fused-ring (bicyclic) bond motifs is 1. The number of guanidine groups is 1. The first-order valence-electron chi connectivity index (χ1n) is 8.60. The van der Waals surface area contributed by atoms with Crippen LogP contribution >= 0.6 is 0 Å². The average Bonchev–Trinajstić information content (AvgIpc) is 2.98. The van der Waals surface area contributed by atoms with Crippen LogP contribution in [0.15, 0.2) is 11.3 Å². The fourth-order valence-corrected chi connectivity index (χ4v) is 2.47. The number of rotatable bonds is 5. The highest BCUT2D eigenvalue weighted by molar-refractivity contribution is 5.81. The first-order valence-corrected chi connectivity index (χ1v) is 8.60. The van der Waals surface area contributed by atoms with Gasteiger partial charge in [0.15, 0.2) is 5.96 Å². The number of nitrogens with zero attached hydrogens (tertiary/aromatic N) is 4. The van der Waals surface area contributed by atoms with Crippen molar-refractivity contribution in [3.05, 3.63) is 12.2 Å². The van der Waals surface area contributed by atoms with Crippen LogP contribution in [0.2, 0.25) is 0 Å². The molecule has 2 heterocycles. The van der Waals surface area contributed by atoms with Crippen LogP contribution < -0.4 is 16.0 Å². The van der Waals surface area contributed by atoms with Crippen LogP contribution in [0, 0.1) is 5.41 Å². The van der Waals surface area contributed by atoms with Crippen molar-refractivity contribution in [2.24, 2.45) is 10.4 Å². The van der Waals surface area contributed by atoms with E-state index < -0.39 is 0 Å². The molecule has 0 spiro atoms. The van der Waals surface area contributed by atoms with Gasteiger partial charge in [-0.2, -0.15) is 5.10 Å². The fourth-order valence-electron chi connectivity index (χ4n) is 2.47. The van der Waals surface area contributed by atoms with Crippen molar-refractivity contribution >= 4 is 11.9 Å². The molecule has 134 valence electrons. The summed E-state index contributed by atoms with van der Waals surface area (Å²) in [6.45, 7) is 10.4. The molecule has 0 fully saturated rings. The maximum atomic E-state index is 11.8. The summed E-state index contributed by atoms with van der Waals surface area (Å²) in [5, 5.41) is 13.8. The maximum absolute atomic E-state index is 11.8. The standard InChI is InChI=1S/C16H29N7O/c1-5-17-15(19-9-8-18-14(24)16(2,3)4)22-12-6-7-13-20-11-21-23(13)10-12/h11-12H,5-10H2,1-4H3,(H,18,24)(H2,17,19,22). The Morgan fingerprint density at radius 1 is 1.42 bits per heavy atom. The van der Waals surface area contributed by atoms with Crippen LogP contribution in [0.5, 0.6) is 0 Å². The number of hydrogen-bond donors (Lipinski definition) is 3. The SMILES string of the molecule is CCNC(=NCCNC(=O)C(C)(C)C)NC1CCc2ncnn2C1. The minimum Gasteiger partial charge on any atom is -0.357 e. The van der Waals surface area contributed by atoms with Crippen molar-refractivity contribution in [2.75, 3.05) is 19.6 Å². The average molecular weight is 335 g/mol. The molecule has 1 aliphatic rings. The second kappa shape index (κ2) is 8.12. The molecule has 24 heavy (non-hydrogen) atoms. The van der Waals surface area contributed by atoms with Gasteiger partial charge in [0.2, 0.25) is 5.91 Å². The molecule has 0 bridgehead atoms. The van der Waals surface area contributed by atoms with Crippen LogP contribution in [0.3, 0.4) is 0 Å². The van der Waals surface area contributed by atoms with E-state index in [1.165, 1.54) is 0 Å². The van der Waals surface area contributed by atoms with Gasteiger partial charge in [-0.15, -0.1) is 0 Å². The molecule has 0 aliphatic carbocycles. The number of amides is 1. The third-order valence-electron chi connectivity index (χ3n) is 3.84. The van der Waals surface area contributed by atoms with Gasteiger partial charge in [-0.3, -0.25) is 9.79 Å². The Morgan fingerprint density at radius 2 is 2.21 bits per heavy atom. The summed E-state index contributed by atoms with van der Waals surface area (Å²) in [5.74, 6) is 1.86. The zero-order valence-corrected chi connectivity index (χ0v) is 15.1. The van der Waals surface area contributed by atoms with E-state index in [1.54, 1.807) is 6.33 Å². The Hall–Kier alpha value is -2.12. The van der Waals surface area contributed by atoms with Gasteiger partial charge in [0.1, 0.15) is 12.2 Å². The number of carbonyl (C=O) groups is 1. The Morgan fingerprint density at radius 3 is 2.92 bits per heavy atom. The summed E-state index contributed by atoms with van der Waals surface area (Å²) in [7, 11) is 0. The third kappa shape index (κ3) is 5.21. The molecule has 0 aromatic carbocycles. The molecule has 1 amide bonds. The lowest BCUT2D eigenvalue weighted by molar-refractivity contribution is -0.128. The van der Waals surface area contributed by atoms with E-state index in [0.29, 0.717) is 13.1 Å². The predicted molar refractivity (Wildman–Crippen MR) is 93.7 cm³/mol. The van der Waals surface area contributed by atoms with Gasteiger partial charge in [0.05, 0.1) is 13.1 Å². The lowest BCUT2D eigenvalue weighted by atomic mass is 9.96. The fraction of sp³-hybridized carbons (Fsp3) is 0.750. The molecule has 3 N–H and O–H groups in total. The molecule has 0 saturated heterocycles. The normalized spacial score (nSPS) is 18.0. The van der Waals surface area contributed by atoms with Gasteiger partial charge >= 0.3 is 0 Å². The van der Waals surface area contributed by atoms with E-state index in [0.717, 1.165) is 37.7 Å². The van der Waals surface area contributed by atoms with Crippen molar-refractivity contribution in [2.45, 2.75) is 53.1 Å². The highest BCUT2D eigenvalue weighted by atomic mass is 16.2. The molecule has 1 aromatic heterocycles. The predicted octanol–water partition coefficient (Wildman–Crippen LogP) is 0.310. The highest BCUT2D eigenvalue weighted by Gasteiger charge is 2.21. The number of nitrogens with one attached hydrogen (secondary N) is 3. The number of carbonyl (C=O) groups excluding carboxylic acids is 1. The zero-order chi connectivity index (χ0) is 17.6. The minimum atomic E-state index is -0.371. The van der Waals surface area contributed by atoms with Gasteiger partial charge in [-0.1, -0.05) is 20.8 Å². The monoisotopic (exact) mass is 335 g/mol. The van der Waals surface area contributed by atoms with Crippen LogP contribution in [0.25, 0.3) is 0 Å². The molecule has 1 aromatic rings. The second-order valence-electron chi connectivity index (χ2n) is 7.00. The molecular weight excluding hydrogens is 306 g/mol. The van der Waals surface area contributed by atoms with Crippen LogP contribution in [-0.2, 0) is 17.8 Å². The summed E-state index contributed by atoms with van der Waals surface area (Å²) < 4.78 is 1.94. The number of hydrogen-bond acceptors (Lipinski definition) is 4. The smallest absolute Gasteiger partial charge is 0.225 e. The quantitative estimate of drug-likeness (QED) is 0.409. The Kier molecular flexibility index (Phi) is 6.16. The van der Waals surface area contributed by atoms with Gasteiger partial charge < -0.3 is 16.0 Å². The summed E-state index contributed by atoms with van der Waals surface area (Å²) in [4.78, 5) is 20.6. The Bertz CT molecular complexity index is 573. The summed E-state index contributed by atoms with van der Waals surface area (Å²) >= 11 is 0. The maximum Gasteiger partial charge on any atom is 0.225 e. The molecule has 8 nitrogen and oxygen atoms in total. The number of aliphatic imine (C=N–C) groups is 1. The van der Waals surface area contributed by atoms with Crippen LogP contribution in [0.1, 0.15) is 39.9 Å². The third-order valence-corrected chi connectivity index (χ3v) is 3.84. The van der Waals surface area contributed by atoms with E-state index in [-0.39, 0.29) is 17.4 Å². The van der Waals surface area contributed by atoms with E-state index in [2.05, 4.69) is 31.0 Å². The molecule has 2 rings (SSSR count). The minimum absolute atomic E-state index is 0.0432. The first-order chi connectivity index (χ1) is 11.4. The van der Waals surface area contributed by atoms with Crippen LogP contribution in [-0.4, -0.2) is 52.3 Å². The summed E-state index contributed by atoms with van der Waals surface area (Å²) in [5.41, 5.74) is -0.371. The molecular formula is C16H29N7O. The van der Waals surface area contributed by atoms with Crippen molar-refractivity contribution < 1.29 is 4.79 Å². The Labute approximate surface area is 143 Å². The van der Waals surface area contributed by atoms with Gasteiger partial charge in [0.25, 0.3) is 0 Å². The van der Waals surface area contributed by atoms with E-state index in [1.807, 2.05) is 32.4 Å².